The van der Waals surface area contributed by atoms with Gasteiger partial charge in [0, 0.05) is 18.9 Å². The molecule has 7 heteroatoms. The first-order valence-corrected chi connectivity index (χ1v) is 6.92. The minimum atomic E-state index is -1.07. The van der Waals surface area contributed by atoms with Gasteiger partial charge in [0.2, 0.25) is 11.5 Å². The highest BCUT2D eigenvalue weighted by molar-refractivity contribution is 6.30. The van der Waals surface area contributed by atoms with Gasteiger partial charge < -0.3 is 9.47 Å². The molecule has 1 aromatic rings. The molecule has 1 aromatic carbocycles. The summed E-state index contributed by atoms with van der Waals surface area (Å²) in [5.74, 6) is -2.42. The standard InChI is InChI=1S/C15H16ClNO5/c1-15(2)21-12(14(19)22-15)8-13(18)17(20-3)9-10-4-6-11(16)7-5-10/h4-8H,9H2,1-3H3/b12-8-. The number of cyclic esters (lactones) is 1. The monoisotopic (exact) mass is 325 g/mol. The van der Waals surface area contributed by atoms with Gasteiger partial charge in [0.25, 0.3) is 5.91 Å². The van der Waals surface area contributed by atoms with E-state index in [0.717, 1.165) is 16.7 Å². The molecule has 1 heterocycles. The van der Waals surface area contributed by atoms with Crippen LogP contribution in [-0.2, 0) is 30.4 Å². The fourth-order valence-electron chi connectivity index (χ4n) is 1.86. The fourth-order valence-corrected chi connectivity index (χ4v) is 1.99. The van der Waals surface area contributed by atoms with Crippen molar-refractivity contribution in [1.82, 2.24) is 5.06 Å². The van der Waals surface area contributed by atoms with E-state index in [1.165, 1.54) is 7.11 Å². The van der Waals surface area contributed by atoms with Crippen molar-refractivity contribution in [2.45, 2.75) is 26.2 Å². The summed E-state index contributed by atoms with van der Waals surface area (Å²) in [5, 5.41) is 1.70. The normalized spacial score (nSPS) is 18.0. The second-order valence-corrected chi connectivity index (χ2v) is 5.52. The number of hydrogen-bond acceptors (Lipinski definition) is 5. The number of carbonyl (C=O) groups is 2. The Morgan fingerprint density at radius 2 is 1.95 bits per heavy atom. The molecule has 118 valence electrons. The van der Waals surface area contributed by atoms with Crippen LogP contribution in [0.3, 0.4) is 0 Å². The van der Waals surface area contributed by atoms with E-state index in [1.54, 1.807) is 38.1 Å². The predicted molar refractivity (Wildman–Crippen MR) is 78.4 cm³/mol. The molecule has 0 atom stereocenters. The van der Waals surface area contributed by atoms with Crippen molar-refractivity contribution in [3.05, 3.63) is 46.7 Å². The van der Waals surface area contributed by atoms with Crippen LogP contribution in [-0.4, -0.2) is 29.8 Å². The number of amides is 1. The third kappa shape index (κ3) is 3.99. The molecule has 1 amide bonds. The van der Waals surface area contributed by atoms with Gasteiger partial charge in [0.1, 0.15) is 0 Å². The van der Waals surface area contributed by atoms with Gasteiger partial charge in [-0.2, -0.15) is 0 Å². The van der Waals surface area contributed by atoms with Crippen molar-refractivity contribution >= 4 is 23.5 Å². The van der Waals surface area contributed by atoms with Gasteiger partial charge in [-0.3, -0.25) is 9.63 Å². The predicted octanol–water partition coefficient (Wildman–Crippen LogP) is 2.42. The number of benzene rings is 1. The first-order valence-electron chi connectivity index (χ1n) is 6.55. The molecule has 1 aliphatic heterocycles. The highest BCUT2D eigenvalue weighted by Crippen LogP contribution is 2.26. The molecule has 0 N–H and O–H groups in total. The highest BCUT2D eigenvalue weighted by Gasteiger charge is 2.38. The number of nitrogens with zero attached hydrogens (tertiary/aromatic N) is 1. The molecule has 0 bridgehead atoms. The zero-order valence-electron chi connectivity index (χ0n) is 12.5. The number of ether oxygens (including phenoxy) is 2. The quantitative estimate of drug-likeness (QED) is 0.483. The van der Waals surface area contributed by atoms with E-state index in [4.69, 9.17) is 25.9 Å². The van der Waals surface area contributed by atoms with Gasteiger partial charge in [0.15, 0.2) is 0 Å². The first-order chi connectivity index (χ1) is 10.3. The van der Waals surface area contributed by atoms with Gasteiger partial charge in [-0.25, -0.2) is 9.86 Å². The molecule has 0 radical (unpaired) electrons. The minimum absolute atomic E-state index is 0.145. The van der Waals surface area contributed by atoms with Crippen LogP contribution in [0.2, 0.25) is 5.02 Å². The molecule has 6 nitrogen and oxygen atoms in total. The zero-order valence-corrected chi connectivity index (χ0v) is 13.2. The molecular weight excluding hydrogens is 310 g/mol. The number of halogens is 1. The summed E-state index contributed by atoms with van der Waals surface area (Å²) >= 11 is 5.81. The average molecular weight is 326 g/mol. The topological polar surface area (TPSA) is 65.1 Å². The van der Waals surface area contributed by atoms with Crippen LogP contribution in [0, 0.1) is 0 Å². The van der Waals surface area contributed by atoms with Crippen molar-refractivity contribution in [1.29, 1.82) is 0 Å². The number of carbonyl (C=O) groups excluding carboxylic acids is 2. The van der Waals surface area contributed by atoms with Crippen molar-refractivity contribution in [2.24, 2.45) is 0 Å². The summed E-state index contributed by atoms with van der Waals surface area (Å²) in [7, 11) is 1.37. The van der Waals surface area contributed by atoms with Crippen molar-refractivity contribution < 1.29 is 23.9 Å². The average Bonchev–Trinajstić information content (AvgIpc) is 2.70. The van der Waals surface area contributed by atoms with E-state index < -0.39 is 17.7 Å². The second-order valence-electron chi connectivity index (χ2n) is 5.08. The molecule has 0 saturated carbocycles. The maximum absolute atomic E-state index is 12.2. The molecule has 0 aromatic heterocycles. The van der Waals surface area contributed by atoms with Crippen molar-refractivity contribution in [3.8, 4) is 0 Å². The van der Waals surface area contributed by atoms with Gasteiger partial charge in [-0.1, -0.05) is 23.7 Å². The third-order valence-electron chi connectivity index (χ3n) is 2.86. The van der Waals surface area contributed by atoms with Crippen LogP contribution in [0.5, 0.6) is 0 Å². The lowest BCUT2D eigenvalue weighted by Gasteiger charge is -2.18. The number of rotatable bonds is 4. The lowest BCUT2D eigenvalue weighted by atomic mass is 10.2. The van der Waals surface area contributed by atoms with Crippen molar-refractivity contribution in [2.75, 3.05) is 7.11 Å². The molecule has 0 spiro atoms. The Balaban J connectivity index is 2.09. The van der Waals surface area contributed by atoms with Crippen molar-refractivity contribution in [3.63, 3.8) is 0 Å². The first kappa shape index (κ1) is 16.3. The fraction of sp³-hybridized carbons (Fsp3) is 0.333. The molecule has 1 aliphatic rings. The molecule has 22 heavy (non-hydrogen) atoms. The maximum atomic E-state index is 12.2. The molecule has 0 unspecified atom stereocenters. The summed E-state index contributed by atoms with van der Waals surface area (Å²) in [4.78, 5) is 28.8. The lowest BCUT2D eigenvalue weighted by Crippen LogP contribution is -2.28. The lowest BCUT2D eigenvalue weighted by molar-refractivity contribution is -0.173. The molecule has 1 fully saturated rings. The van der Waals surface area contributed by atoms with Crippen LogP contribution < -0.4 is 0 Å². The Morgan fingerprint density at radius 3 is 2.45 bits per heavy atom. The maximum Gasteiger partial charge on any atom is 0.377 e. The van der Waals surface area contributed by atoms with E-state index in [0.29, 0.717) is 5.02 Å². The van der Waals surface area contributed by atoms with Gasteiger partial charge in [-0.15, -0.1) is 0 Å². The molecular formula is C15H16ClNO5. The SMILES string of the molecule is CON(Cc1ccc(Cl)cc1)C(=O)/C=C1\OC(C)(C)OC1=O. The third-order valence-corrected chi connectivity index (χ3v) is 3.11. The van der Waals surface area contributed by atoms with Crippen LogP contribution in [0.15, 0.2) is 36.1 Å². The zero-order chi connectivity index (χ0) is 16.3. The Bertz CT molecular complexity index is 609. The Labute approximate surface area is 133 Å². The number of hydroxylamine groups is 2. The van der Waals surface area contributed by atoms with Crippen LogP contribution >= 0.6 is 11.6 Å². The molecule has 0 aliphatic carbocycles. The minimum Gasteiger partial charge on any atom is -0.445 e. The van der Waals surface area contributed by atoms with Gasteiger partial charge in [-0.05, 0) is 17.7 Å². The van der Waals surface area contributed by atoms with E-state index in [1.807, 2.05) is 0 Å². The summed E-state index contributed by atoms with van der Waals surface area (Å²) in [6.07, 6.45) is 1.05. The van der Waals surface area contributed by atoms with Gasteiger partial charge >= 0.3 is 5.97 Å². The second kappa shape index (κ2) is 6.37. The number of esters is 1. The molecule has 2 rings (SSSR count). The van der Waals surface area contributed by atoms with Crippen LogP contribution in [0.25, 0.3) is 0 Å². The Morgan fingerprint density at radius 1 is 1.32 bits per heavy atom. The van der Waals surface area contributed by atoms with Gasteiger partial charge in [0.05, 0.1) is 19.7 Å². The van der Waals surface area contributed by atoms with Crippen LogP contribution in [0.4, 0.5) is 0 Å². The Kier molecular flexibility index (Phi) is 4.73. The largest absolute Gasteiger partial charge is 0.445 e. The van der Waals surface area contributed by atoms with E-state index in [2.05, 4.69) is 0 Å². The molecule has 1 saturated heterocycles. The Hall–Kier alpha value is -2.05. The van der Waals surface area contributed by atoms with Crippen LogP contribution in [0.1, 0.15) is 19.4 Å². The summed E-state index contributed by atoms with van der Waals surface area (Å²) in [6, 6.07) is 6.98. The number of hydrogen-bond donors (Lipinski definition) is 0. The smallest absolute Gasteiger partial charge is 0.377 e. The van der Waals surface area contributed by atoms with E-state index >= 15 is 0 Å². The highest BCUT2D eigenvalue weighted by atomic mass is 35.5. The summed E-state index contributed by atoms with van der Waals surface area (Å²) in [5.41, 5.74) is 0.827. The van der Waals surface area contributed by atoms with E-state index in [-0.39, 0.29) is 12.3 Å². The summed E-state index contributed by atoms with van der Waals surface area (Å²) in [6.45, 7) is 3.37. The van der Waals surface area contributed by atoms with E-state index in [9.17, 15) is 9.59 Å². The summed E-state index contributed by atoms with van der Waals surface area (Å²) < 4.78 is 10.2.